The summed E-state index contributed by atoms with van der Waals surface area (Å²) in [6.07, 6.45) is 5.07. The molecule has 2 N–H and O–H groups in total. The van der Waals surface area contributed by atoms with Crippen LogP contribution in [-0.2, 0) is 16.6 Å². The van der Waals surface area contributed by atoms with Gasteiger partial charge in [0, 0.05) is 19.3 Å². The van der Waals surface area contributed by atoms with Crippen molar-refractivity contribution in [2.75, 3.05) is 13.1 Å². The molecule has 0 unspecified atom stereocenters. The highest BCUT2D eigenvalue weighted by molar-refractivity contribution is 7.89. The Morgan fingerprint density at radius 1 is 1.37 bits per heavy atom. The molecule has 0 aliphatic heterocycles. The van der Waals surface area contributed by atoms with Crippen molar-refractivity contribution in [3.05, 3.63) is 23.9 Å². The van der Waals surface area contributed by atoms with E-state index in [9.17, 15) is 8.42 Å². The molecule has 1 aliphatic rings. The van der Waals surface area contributed by atoms with E-state index in [0.717, 1.165) is 24.9 Å². The molecule has 2 rings (SSSR count). The Balaban J connectivity index is 1.94. The lowest BCUT2D eigenvalue weighted by Crippen LogP contribution is -2.32. The molecule has 1 aromatic rings. The van der Waals surface area contributed by atoms with Crippen molar-refractivity contribution < 1.29 is 8.42 Å². The molecule has 0 atom stereocenters. The quantitative estimate of drug-likeness (QED) is 0.790. The molecule has 5 nitrogen and oxygen atoms in total. The van der Waals surface area contributed by atoms with Gasteiger partial charge in [-0.15, -0.1) is 0 Å². The van der Waals surface area contributed by atoms with E-state index in [2.05, 4.69) is 15.0 Å². The van der Waals surface area contributed by atoms with E-state index >= 15 is 0 Å². The Morgan fingerprint density at radius 2 is 2.16 bits per heavy atom. The van der Waals surface area contributed by atoms with E-state index in [1.54, 1.807) is 18.3 Å². The molecule has 6 heteroatoms. The molecule has 0 amide bonds. The smallest absolute Gasteiger partial charge is 0.258 e. The van der Waals surface area contributed by atoms with Crippen LogP contribution in [0.2, 0.25) is 0 Å². The number of sulfonamides is 1. The molecule has 0 aromatic carbocycles. The van der Waals surface area contributed by atoms with Crippen LogP contribution < -0.4 is 10.0 Å². The van der Waals surface area contributed by atoms with Gasteiger partial charge in [0.1, 0.15) is 0 Å². The lowest BCUT2D eigenvalue weighted by Gasteiger charge is -2.25. The van der Waals surface area contributed by atoms with Gasteiger partial charge in [-0.05, 0) is 36.9 Å². The first-order valence-corrected chi connectivity index (χ1v) is 8.25. The summed E-state index contributed by atoms with van der Waals surface area (Å²) in [5, 5.41) is 3.28. The van der Waals surface area contributed by atoms with Crippen molar-refractivity contribution in [1.82, 2.24) is 15.0 Å². The van der Waals surface area contributed by atoms with Crippen LogP contribution in [0.5, 0.6) is 0 Å². The Labute approximate surface area is 114 Å². The van der Waals surface area contributed by atoms with E-state index < -0.39 is 10.0 Å². The monoisotopic (exact) mass is 283 g/mol. The summed E-state index contributed by atoms with van der Waals surface area (Å²) in [6, 6.07) is 3.36. The number of hydrogen-bond acceptors (Lipinski definition) is 4. The third-order valence-corrected chi connectivity index (χ3v) is 4.78. The van der Waals surface area contributed by atoms with Crippen LogP contribution in [0, 0.1) is 5.92 Å². The maximum Gasteiger partial charge on any atom is 0.258 e. The first-order valence-electron chi connectivity index (χ1n) is 6.77. The fourth-order valence-electron chi connectivity index (χ4n) is 1.94. The van der Waals surface area contributed by atoms with Gasteiger partial charge in [-0.1, -0.05) is 19.4 Å². The zero-order valence-corrected chi connectivity index (χ0v) is 12.0. The Morgan fingerprint density at radius 3 is 2.68 bits per heavy atom. The second-order valence-electron chi connectivity index (χ2n) is 4.93. The fraction of sp³-hybridized carbons (Fsp3) is 0.615. The van der Waals surface area contributed by atoms with Crippen LogP contribution in [0.15, 0.2) is 23.4 Å². The molecular formula is C13H21N3O2S. The third-order valence-electron chi connectivity index (χ3n) is 3.44. The zero-order chi connectivity index (χ0) is 13.7. The minimum absolute atomic E-state index is 0.104. The fourth-order valence-corrected chi connectivity index (χ4v) is 2.98. The molecule has 1 heterocycles. The van der Waals surface area contributed by atoms with Gasteiger partial charge in [0.25, 0.3) is 10.0 Å². The van der Waals surface area contributed by atoms with Gasteiger partial charge in [-0.25, -0.2) is 18.1 Å². The maximum atomic E-state index is 12.0. The van der Waals surface area contributed by atoms with Gasteiger partial charge in [0.2, 0.25) is 0 Å². The topological polar surface area (TPSA) is 71.1 Å². The summed E-state index contributed by atoms with van der Waals surface area (Å²) in [4.78, 5) is 4.03. The summed E-state index contributed by atoms with van der Waals surface area (Å²) in [6.45, 7) is 4.14. The van der Waals surface area contributed by atoms with Crippen LogP contribution in [0.25, 0.3) is 0 Å². The van der Waals surface area contributed by atoms with Crippen molar-refractivity contribution in [2.24, 2.45) is 5.92 Å². The van der Waals surface area contributed by atoms with Gasteiger partial charge >= 0.3 is 0 Å². The predicted octanol–water partition coefficient (Wildman–Crippen LogP) is 1.27. The number of pyridine rings is 1. The summed E-state index contributed by atoms with van der Waals surface area (Å²) in [5.41, 5.74) is 0.986. The molecule has 1 aliphatic carbocycles. The summed E-state index contributed by atoms with van der Waals surface area (Å²) in [7, 11) is -3.45. The van der Waals surface area contributed by atoms with E-state index in [-0.39, 0.29) is 5.03 Å². The molecule has 0 spiro atoms. The van der Waals surface area contributed by atoms with Gasteiger partial charge in [-0.2, -0.15) is 0 Å². The molecule has 106 valence electrons. The minimum atomic E-state index is -3.45. The number of nitrogens with zero attached hydrogens (tertiary/aromatic N) is 1. The molecule has 1 aromatic heterocycles. The van der Waals surface area contributed by atoms with E-state index in [4.69, 9.17) is 0 Å². The number of hydrogen-bond donors (Lipinski definition) is 2. The standard InChI is InChI=1S/C13H21N3O2S/c1-2-14-8-12-6-7-13(15-9-12)19(17,18)16-10-11-4-3-5-11/h6-7,9,11,14,16H,2-5,8,10H2,1H3. The third kappa shape index (κ3) is 3.99. The van der Waals surface area contributed by atoms with Crippen LogP contribution >= 0.6 is 0 Å². The van der Waals surface area contributed by atoms with Crippen LogP contribution in [0.1, 0.15) is 31.7 Å². The van der Waals surface area contributed by atoms with Crippen molar-refractivity contribution in [1.29, 1.82) is 0 Å². The van der Waals surface area contributed by atoms with Crippen molar-refractivity contribution >= 4 is 10.0 Å². The maximum absolute atomic E-state index is 12.0. The number of nitrogens with one attached hydrogen (secondary N) is 2. The molecule has 1 fully saturated rings. The van der Waals surface area contributed by atoms with Gasteiger partial charge in [-0.3, -0.25) is 0 Å². The summed E-state index contributed by atoms with van der Waals surface area (Å²) < 4.78 is 26.7. The lowest BCUT2D eigenvalue weighted by atomic mass is 9.86. The highest BCUT2D eigenvalue weighted by Gasteiger charge is 2.21. The summed E-state index contributed by atoms with van der Waals surface area (Å²) >= 11 is 0. The molecule has 0 saturated heterocycles. The number of rotatable bonds is 7. The van der Waals surface area contributed by atoms with E-state index in [1.165, 1.54) is 6.42 Å². The minimum Gasteiger partial charge on any atom is -0.313 e. The molecule has 0 bridgehead atoms. The first-order chi connectivity index (χ1) is 9.12. The van der Waals surface area contributed by atoms with E-state index in [1.807, 2.05) is 6.92 Å². The first kappa shape index (κ1) is 14.4. The SMILES string of the molecule is CCNCc1ccc(S(=O)(=O)NCC2CCC2)nc1. The average Bonchev–Trinajstić information content (AvgIpc) is 2.35. The van der Waals surface area contributed by atoms with Crippen LogP contribution in [0.4, 0.5) is 0 Å². The second-order valence-corrected chi connectivity index (χ2v) is 6.65. The predicted molar refractivity (Wildman–Crippen MR) is 74.1 cm³/mol. The summed E-state index contributed by atoms with van der Waals surface area (Å²) in [5.74, 6) is 0.503. The van der Waals surface area contributed by atoms with Gasteiger partial charge in [0.05, 0.1) is 0 Å². The average molecular weight is 283 g/mol. The zero-order valence-electron chi connectivity index (χ0n) is 11.2. The Hall–Kier alpha value is -0.980. The highest BCUT2D eigenvalue weighted by Crippen LogP contribution is 2.25. The van der Waals surface area contributed by atoms with Crippen molar-refractivity contribution in [2.45, 2.75) is 37.8 Å². The largest absolute Gasteiger partial charge is 0.313 e. The lowest BCUT2D eigenvalue weighted by molar-refractivity contribution is 0.316. The molecule has 19 heavy (non-hydrogen) atoms. The molecule has 0 radical (unpaired) electrons. The van der Waals surface area contributed by atoms with Crippen molar-refractivity contribution in [3.63, 3.8) is 0 Å². The van der Waals surface area contributed by atoms with Crippen molar-refractivity contribution in [3.8, 4) is 0 Å². The second kappa shape index (κ2) is 6.45. The Kier molecular flexibility index (Phi) is 4.90. The number of aromatic nitrogens is 1. The van der Waals surface area contributed by atoms with Gasteiger partial charge in [0.15, 0.2) is 5.03 Å². The Bertz CT molecular complexity index is 495. The van der Waals surface area contributed by atoms with Crippen LogP contribution in [-0.4, -0.2) is 26.5 Å². The van der Waals surface area contributed by atoms with Gasteiger partial charge < -0.3 is 5.32 Å². The highest BCUT2D eigenvalue weighted by atomic mass is 32.2. The van der Waals surface area contributed by atoms with E-state index in [0.29, 0.717) is 19.0 Å². The molecule has 1 saturated carbocycles. The normalized spacial score (nSPS) is 16.3. The molecular weight excluding hydrogens is 262 g/mol. The van der Waals surface area contributed by atoms with Crippen LogP contribution in [0.3, 0.4) is 0 Å².